The first-order valence-electron chi connectivity index (χ1n) is 5.20. The molecule has 0 N–H and O–H groups in total. The Morgan fingerprint density at radius 2 is 1.38 bits per heavy atom. The molecule has 1 radical (unpaired) electrons. The largest absolute Gasteiger partial charge is 2.00 e. The first-order chi connectivity index (χ1) is 7.15. The van der Waals surface area contributed by atoms with Gasteiger partial charge in [-0.25, -0.2) is 0 Å². The van der Waals surface area contributed by atoms with Crippen LogP contribution >= 0.6 is 0 Å². The van der Waals surface area contributed by atoms with Crippen LogP contribution in [0.4, 0.5) is 0 Å². The molecule has 1 aromatic carbocycles. The zero-order chi connectivity index (χ0) is 12.1. The zero-order valence-electron chi connectivity index (χ0n) is 10.6. The summed E-state index contributed by atoms with van der Waals surface area (Å²) < 4.78 is 4.94. The fraction of sp³-hybridized carbons (Fsp3) is 0.385. The summed E-state index contributed by atoms with van der Waals surface area (Å²) in [7, 11) is 5.39. The van der Waals surface area contributed by atoms with Crippen LogP contribution in [0.1, 0.15) is 26.7 Å². The molecule has 1 nitrogen and oxygen atoms in total. The van der Waals surface area contributed by atoms with Crippen molar-refractivity contribution in [3.63, 3.8) is 0 Å². The van der Waals surface area contributed by atoms with E-state index in [9.17, 15) is 0 Å². The van der Waals surface area contributed by atoms with Crippen LogP contribution in [-0.2, 0) is 16.5 Å². The molecule has 0 aliphatic heterocycles. The first kappa shape index (κ1) is 20.9. The van der Waals surface area contributed by atoms with Crippen LogP contribution in [0.25, 0.3) is 0 Å². The molecule has 1 aromatic rings. The third-order valence-corrected chi connectivity index (χ3v) is 1.16. The van der Waals surface area contributed by atoms with Gasteiger partial charge < -0.3 is 18.6 Å². The van der Waals surface area contributed by atoms with Gasteiger partial charge in [0, 0.05) is 0 Å². The third-order valence-electron chi connectivity index (χ3n) is 1.16. The van der Waals surface area contributed by atoms with Gasteiger partial charge in [-0.2, -0.15) is 12.8 Å². The molecule has 0 spiro atoms. The van der Waals surface area contributed by atoms with Crippen molar-refractivity contribution in [3.8, 4) is 5.75 Å². The molecule has 3 heteroatoms. The Bertz CT molecular complexity index is 210. The number of hydrogen-bond donors (Lipinski definition) is 0. The van der Waals surface area contributed by atoms with Crippen LogP contribution in [-0.4, -0.2) is 15.0 Å². The molecule has 0 bridgehead atoms. The molecular weight excluding hydrogens is 242 g/mol. The summed E-state index contributed by atoms with van der Waals surface area (Å²) in [4.78, 5) is 0. The van der Waals surface area contributed by atoms with Crippen LogP contribution < -0.4 is 10.2 Å². The van der Waals surface area contributed by atoms with Crippen LogP contribution in [0, 0.1) is 13.8 Å². The van der Waals surface area contributed by atoms with Gasteiger partial charge in [-0.15, -0.1) is 0 Å². The van der Waals surface area contributed by atoms with Crippen LogP contribution in [0.3, 0.4) is 0 Å². The van der Waals surface area contributed by atoms with Crippen molar-refractivity contribution in [1.29, 1.82) is 0 Å². The Balaban J connectivity index is -0.000000207. The van der Waals surface area contributed by atoms with Crippen molar-refractivity contribution in [3.05, 3.63) is 38.1 Å². The van der Waals surface area contributed by atoms with Gasteiger partial charge in [0.25, 0.3) is 0 Å². The standard InChI is InChI=1S/C7H8BO.2C3H7.Ni/c1-9-7-4-2-6(8)3-5-7;2*1-3-2;/h2-5,8H,1H3;2*1,3H2,2H3;/q;2*-1;+2. The Hall–Kier alpha value is -0.422. The van der Waals surface area contributed by atoms with E-state index in [0.717, 1.165) is 24.1 Å². The van der Waals surface area contributed by atoms with Gasteiger partial charge in [-0.3, -0.25) is 0 Å². The number of ether oxygens (including phenoxy) is 1. The van der Waals surface area contributed by atoms with Gasteiger partial charge >= 0.3 is 16.5 Å². The number of hydrogen-bond acceptors (Lipinski definition) is 1. The molecule has 0 atom stereocenters. The van der Waals surface area contributed by atoms with Crippen LogP contribution in [0.15, 0.2) is 24.3 Å². The van der Waals surface area contributed by atoms with E-state index in [1.54, 1.807) is 7.11 Å². The summed E-state index contributed by atoms with van der Waals surface area (Å²) in [6, 6.07) is 7.61. The molecule has 0 aromatic heterocycles. The van der Waals surface area contributed by atoms with Crippen molar-refractivity contribution >= 4 is 13.3 Å². The van der Waals surface area contributed by atoms with Gasteiger partial charge in [-0.05, 0) is 12.1 Å². The van der Waals surface area contributed by atoms with Gasteiger partial charge in [0.15, 0.2) is 0 Å². The van der Waals surface area contributed by atoms with E-state index in [-0.39, 0.29) is 16.5 Å². The molecular formula is C13H22BNiO. The van der Waals surface area contributed by atoms with Crippen molar-refractivity contribution < 1.29 is 21.2 Å². The second kappa shape index (κ2) is 17.0. The average Bonchev–Trinajstić information content (AvgIpc) is 2.21. The molecule has 0 saturated heterocycles. The van der Waals surface area contributed by atoms with Gasteiger partial charge in [0.05, 0.1) is 7.11 Å². The molecule has 0 aliphatic carbocycles. The quantitative estimate of drug-likeness (QED) is 0.559. The van der Waals surface area contributed by atoms with Crippen LogP contribution in [0.5, 0.6) is 5.75 Å². The fourth-order valence-corrected chi connectivity index (χ4v) is 0.626. The second-order valence-electron chi connectivity index (χ2n) is 2.85. The number of methoxy groups -OCH3 is 1. The van der Waals surface area contributed by atoms with Crippen molar-refractivity contribution in [1.82, 2.24) is 0 Å². The monoisotopic (exact) mass is 263 g/mol. The summed E-state index contributed by atoms with van der Waals surface area (Å²) in [6.07, 6.45) is 2.00. The van der Waals surface area contributed by atoms with Crippen LogP contribution in [0.2, 0.25) is 0 Å². The van der Waals surface area contributed by atoms with Crippen molar-refractivity contribution in [2.75, 3.05) is 7.11 Å². The van der Waals surface area contributed by atoms with Gasteiger partial charge in [-0.1, -0.05) is 31.4 Å². The van der Waals surface area contributed by atoms with E-state index in [2.05, 4.69) is 21.7 Å². The van der Waals surface area contributed by atoms with E-state index < -0.39 is 0 Å². The van der Waals surface area contributed by atoms with Gasteiger partial charge in [0.2, 0.25) is 0 Å². The Morgan fingerprint density at radius 1 is 1.06 bits per heavy atom. The smallest absolute Gasteiger partial charge is 0.497 e. The predicted octanol–water partition coefficient (Wildman–Crippen LogP) is 2.68. The molecule has 0 saturated carbocycles. The zero-order valence-corrected chi connectivity index (χ0v) is 11.6. The van der Waals surface area contributed by atoms with E-state index in [0.29, 0.717) is 0 Å². The number of benzene rings is 1. The summed E-state index contributed by atoms with van der Waals surface area (Å²) in [6.45, 7) is 11.0. The fourth-order valence-electron chi connectivity index (χ4n) is 0.626. The molecule has 0 unspecified atom stereocenters. The average molecular weight is 264 g/mol. The SMILES string of the molecule is [BH]c1ccc(OC)cc1.[CH2-]CC.[CH2-]CC.[Ni+2]. The van der Waals surface area contributed by atoms with E-state index in [1.165, 1.54) is 0 Å². The van der Waals surface area contributed by atoms with Crippen molar-refractivity contribution in [2.24, 2.45) is 0 Å². The molecule has 93 valence electrons. The minimum atomic E-state index is 0. The molecule has 16 heavy (non-hydrogen) atoms. The van der Waals surface area contributed by atoms with E-state index in [1.807, 2.05) is 38.1 Å². The molecule has 0 heterocycles. The first-order valence-corrected chi connectivity index (χ1v) is 5.20. The number of rotatable bonds is 1. The maximum absolute atomic E-state index is 4.94. The molecule has 0 fully saturated rings. The maximum Gasteiger partial charge on any atom is 2.00 e. The summed E-state index contributed by atoms with van der Waals surface area (Å²) in [5.74, 6) is 0.877. The Morgan fingerprint density at radius 3 is 1.62 bits per heavy atom. The minimum Gasteiger partial charge on any atom is -0.497 e. The van der Waals surface area contributed by atoms with E-state index >= 15 is 0 Å². The minimum absolute atomic E-state index is 0. The van der Waals surface area contributed by atoms with Crippen molar-refractivity contribution in [2.45, 2.75) is 26.7 Å². The van der Waals surface area contributed by atoms with Gasteiger partial charge in [0.1, 0.15) is 13.6 Å². The molecule has 0 amide bonds. The second-order valence-corrected chi connectivity index (χ2v) is 2.85. The topological polar surface area (TPSA) is 9.23 Å². The summed E-state index contributed by atoms with van der Waals surface area (Å²) in [5.41, 5.74) is 1.01. The summed E-state index contributed by atoms with van der Waals surface area (Å²) >= 11 is 0. The van der Waals surface area contributed by atoms with E-state index in [4.69, 9.17) is 4.74 Å². The normalized spacial score (nSPS) is 7.31. The maximum atomic E-state index is 4.94. The third kappa shape index (κ3) is 16.0. The predicted molar refractivity (Wildman–Crippen MR) is 71.1 cm³/mol. The Kier molecular flexibility index (Phi) is 22.2. The Labute approximate surface area is 112 Å². The summed E-state index contributed by atoms with van der Waals surface area (Å²) in [5, 5.41) is 0. The molecule has 0 aliphatic rings. The molecule has 1 rings (SSSR count).